The summed E-state index contributed by atoms with van der Waals surface area (Å²) < 4.78 is 22.9. The van der Waals surface area contributed by atoms with Gasteiger partial charge < -0.3 is 15.5 Å². The second-order valence-corrected chi connectivity index (χ2v) is 8.39. The maximum absolute atomic E-state index is 11.5. The van der Waals surface area contributed by atoms with E-state index in [4.69, 9.17) is 0 Å². The molecule has 6 nitrogen and oxygen atoms in total. The molecule has 22 heavy (non-hydrogen) atoms. The van der Waals surface area contributed by atoms with E-state index in [1.54, 1.807) is 7.05 Å². The summed E-state index contributed by atoms with van der Waals surface area (Å²) in [6.07, 6.45) is 5.99. The van der Waals surface area contributed by atoms with E-state index in [2.05, 4.69) is 27.6 Å². The number of sulfone groups is 1. The fourth-order valence-electron chi connectivity index (χ4n) is 3.18. The molecule has 1 aliphatic heterocycles. The standard InChI is InChI=1S/C14H28N4O2S.HI/c1-15-14(17-12-7-10-21(19,20)11-12)16-8-9-18(2)13-5-3-4-6-13;/h12-13H,3-11H2,1-2H3,(H2,15,16,17);1H. The molecule has 0 aromatic rings. The first-order valence-corrected chi connectivity index (χ1v) is 9.70. The van der Waals surface area contributed by atoms with Gasteiger partial charge in [0.05, 0.1) is 11.5 Å². The molecule has 1 heterocycles. The van der Waals surface area contributed by atoms with Gasteiger partial charge in [0.2, 0.25) is 0 Å². The first kappa shape index (κ1) is 20.0. The van der Waals surface area contributed by atoms with Gasteiger partial charge in [-0.2, -0.15) is 0 Å². The summed E-state index contributed by atoms with van der Waals surface area (Å²) >= 11 is 0. The Labute approximate surface area is 151 Å². The summed E-state index contributed by atoms with van der Waals surface area (Å²) in [6, 6.07) is 0.718. The highest BCUT2D eigenvalue weighted by molar-refractivity contribution is 14.0. The van der Waals surface area contributed by atoms with Crippen molar-refractivity contribution in [1.29, 1.82) is 0 Å². The van der Waals surface area contributed by atoms with E-state index in [1.165, 1.54) is 25.7 Å². The molecule has 0 bridgehead atoms. The van der Waals surface area contributed by atoms with E-state index >= 15 is 0 Å². The van der Waals surface area contributed by atoms with Crippen LogP contribution >= 0.6 is 24.0 Å². The Morgan fingerprint density at radius 2 is 1.95 bits per heavy atom. The minimum atomic E-state index is -2.85. The van der Waals surface area contributed by atoms with Crippen LogP contribution in [0.15, 0.2) is 4.99 Å². The highest BCUT2D eigenvalue weighted by Crippen LogP contribution is 2.21. The topological polar surface area (TPSA) is 73.8 Å². The molecule has 1 unspecified atom stereocenters. The molecule has 1 saturated heterocycles. The maximum Gasteiger partial charge on any atom is 0.191 e. The van der Waals surface area contributed by atoms with Crippen molar-refractivity contribution in [3.8, 4) is 0 Å². The molecule has 2 rings (SSSR count). The molecule has 0 aromatic heterocycles. The number of aliphatic imine (C=N–C) groups is 1. The van der Waals surface area contributed by atoms with Crippen molar-refractivity contribution >= 4 is 39.8 Å². The molecule has 8 heteroatoms. The molecule has 0 radical (unpaired) electrons. The van der Waals surface area contributed by atoms with Crippen LogP contribution in [0.25, 0.3) is 0 Å². The van der Waals surface area contributed by atoms with E-state index < -0.39 is 9.84 Å². The van der Waals surface area contributed by atoms with Crippen LogP contribution < -0.4 is 10.6 Å². The van der Waals surface area contributed by atoms with Crippen LogP contribution in [0.3, 0.4) is 0 Å². The van der Waals surface area contributed by atoms with Crippen LogP contribution in [-0.2, 0) is 9.84 Å². The third-order valence-electron chi connectivity index (χ3n) is 4.50. The van der Waals surface area contributed by atoms with Crippen molar-refractivity contribution in [2.45, 2.75) is 44.2 Å². The lowest BCUT2D eigenvalue weighted by Crippen LogP contribution is -2.46. The molecule has 0 amide bonds. The number of nitrogens with one attached hydrogen (secondary N) is 2. The van der Waals surface area contributed by atoms with Gasteiger partial charge in [-0.05, 0) is 26.3 Å². The molecular formula is C14H29IN4O2S. The largest absolute Gasteiger partial charge is 0.355 e. The van der Waals surface area contributed by atoms with E-state index in [-0.39, 0.29) is 41.5 Å². The first-order valence-electron chi connectivity index (χ1n) is 7.88. The average molecular weight is 444 g/mol. The number of rotatable bonds is 5. The van der Waals surface area contributed by atoms with Crippen molar-refractivity contribution in [3.05, 3.63) is 0 Å². The Morgan fingerprint density at radius 3 is 2.50 bits per heavy atom. The summed E-state index contributed by atoms with van der Waals surface area (Å²) in [5.41, 5.74) is 0. The highest BCUT2D eigenvalue weighted by Gasteiger charge is 2.28. The summed E-state index contributed by atoms with van der Waals surface area (Å²) in [4.78, 5) is 6.58. The van der Waals surface area contributed by atoms with Crippen molar-refractivity contribution in [3.63, 3.8) is 0 Å². The van der Waals surface area contributed by atoms with Crippen LogP contribution in [-0.4, -0.2) is 70.1 Å². The van der Waals surface area contributed by atoms with Crippen molar-refractivity contribution in [1.82, 2.24) is 15.5 Å². The lowest BCUT2D eigenvalue weighted by atomic mass is 10.2. The van der Waals surface area contributed by atoms with Gasteiger partial charge in [-0.25, -0.2) is 8.42 Å². The molecule has 1 aliphatic carbocycles. The number of halogens is 1. The number of hydrogen-bond acceptors (Lipinski definition) is 4. The van der Waals surface area contributed by atoms with Gasteiger partial charge in [0.1, 0.15) is 0 Å². The van der Waals surface area contributed by atoms with Crippen molar-refractivity contribution in [2.75, 3.05) is 38.7 Å². The van der Waals surface area contributed by atoms with Crippen LogP contribution in [0.1, 0.15) is 32.1 Å². The van der Waals surface area contributed by atoms with Crippen LogP contribution in [0.2, 0.25) is 0 Å². The summed E-state index contributed by atoms with van der Waals surface area (Å²) in [5, 5.41) is 6.49. The zero-order valence-electron chi connectivity index (χ0n) is 13.5. The Balaban J connectivity index is 0.00000242. The zero-order valence-corrected chi connectivity index (χ0v) is 16.7. The summed E-state index contributed by atoms with van der Waals surface area (Å²) in [6.45, 7) is 1.81. The molecule has 130 valence electrons. The lowest BCUT2D eigenvalue weighted by molar-refractivity contribution is 0.249. The average Bonchev–Trinajstić information content (AvgIpc) is 3.07. The van der Waals surface area contributed by atoms with Crippen molar-refractivity contribution in [2.24, 2.45) is 4.99 Å². The molecular weight excluding hydrogens is 415 g/mol. The number of likely N-dealkylation sites (N-methyl/N-ethyl adjacent to an activating group) is 1. The van der Waals surface area contributed by atoms with Gasteiger partial charge in [0.25, 0.3) is 0 Å². The molecule has 0 aromatic carbocycles. The van der Waals surface area contributed by atoms with Crippen LogP contribution in [0.4, 0.5) is 0 Å². The quantitative estimate of drug-likeness (QED) is 0.374. The molecule has 1 saturated carbocycles. The smallest absolute Gasteiger partial charge is 0.191 e. The zero-order chi connectivity index (χ0) is 15.3. The van der Waals surface area contributed by atoms with E-state index in [1.807, 2.05) is 0 Å². The van der Waals surface area contributed by atoms with Gasteiger partial charge in [0, 0.05) is 32.2 Å². The predicted octanol–water partition coefficient (Wildman–Crippen LogP) is 0.831. The monoisotopic (exact) mass is 444 g/mol. The fourth-order valence-corrected chi connectivity index (χ4v) is 4.85. The first-order chi connectivity index (χ1) is 10.00. The number of guanidine groups is 1. The van der Waals surface area contributed by atoms with Crippen LogP contribution in [0, 0.1) is 0 Å². The molecule has 1 atom stereocenters. The Kier molecular flexibility index (Phi) is 8.40. The fraction of sp³-hybridized carbons (Fsp3) is 0.929. The predicted molar refractivity (Wildman–Crippen MR) is 102 cm³/mol. The van der Waals surface area contributed by atoms with E-state index in [0.29, 0.717) is 12.4 Å². The highest BCUT2D eigenvalue weighted by atomic mass is 127. The molecule has 2 N–H and O–H groups in total. The Hall–Kier alpha value is -0.0900. The van der Waals surface area contributed by atoms with Gasteiger partial charge in [-0.3, -0.25) is 4.99 Å². The Morgan fingerprint density at radius 1 is 1.27 bits per heavy atom. The normalized spacial score (nSPS) is 25.2. The Bertz CT molecular complexity index is 463. The third-order valence-corrected chi connectivity index (χ3v) is 6.27. The molecule has 2 fully saturated rings. The van der Waals surface area contributed by atoms with E-state index in [0.717, 1.165) is 19.1 Å². The van der Waals surface area contributed by atoms with E-state index in [9.17, 15) is 8.42 Å². The summed E-state index contributed by atoms with van der Waals surface area (Å²) in [7, 11) is 1.05. The molecule has 2 aliphatic rings. The lowest BCUT2D eigenvalue weighted by Gasteiger charge is -2.24. The second kappa shape index (κ2) is 9.27. The van der Waals surface area contributed by atoms with Gasteiger partial charge >= 0.3 is 0 Å². The molecule has 0 spiro atoms. The SMILES string of the molecule is CN=C(NCCN(C)C1CCCC1)NC1CCS(=O)(=O)C1.I. The number of hydrogen-bond donors (Lipinski definition) is 2. The van der Waals surface area contributed by atoms with Crippen LogP contribution in [0.5, 0.6) is 0 Å². The summed E-state index contributed by atoms with van der Waals surface area (Å²) in [5.74, 6) is 1.21. The third kappa shape index (κ3) is 6.19. The maximum atomic E-state index is 11.5. The minimum absolute atomic E-state index is 0. The second-order valence-electron chi connectivity index (χ2n) is 6.16. The minimum Gasteiger partial charge on any atom is -0.355 e. The number of nitrogens with zero attached hydrogens (tertiary/aromatic N) is 2. The van der Waals surface area contributed by atoms with Gasteiger partial charge in [-0.15, -0.1) is 24.0 Å². The van der Waals surface area contributed by atoms with Gasteiger partial charge in [-0.1, -0.05) is 12.8 Å². The van der Waals surface area contributed by atoms with Crippen molar-refractivity contribution < 1.29 is 8.42 Å². The van der Waals surface area contributed by atoms with Gasteiger partial charge in [0.15, 0.2) is 15.8 Å².